The summed E-state index contributed by atoms with van der Waals surface area (Å²) in [6.07, 6.45) is 23.4. The first kappa shape index (κ1) is 32.9. The van der Waals surface area contributed by atoms with E-state index in [0.29, 0.717) is 25.7 Å². The van der Waals surface area contributed by atoms with Gasteiger partial charge in [0.25, 0.3) is 5.79 Å². The molecule has 0 aliphatic rings. The van der Waals surface area contributed by atoms with Gasteiger partial charge in [-0.25, -0.2) is 0 Å². The standard InChI is InChI=1S/C30H58O4/c1-5-9-13-15-17-19-21-24-28(31)33-30(26-12-8-4,27-23-11-7-3)34-29(32)25-22-20-18-16-14-10-6-2/h5-27H2,1-4H3. The van der Waals surface area contributed by atoms with Crippen LogP contribution >= 0.6 is 0 Å². The zero-order valence-corrected chi connectivity index (χ0v) is 23.4. The molecule has 0 aliphatic heterocycles. The average Bonchev–Trinajstić information content (AvgIpc) is 2.81. The summed E-state index contributed by atoms with van der Waals surface area (Å²) in [5.74, 6) is -1.48. The first-order chi connectivity index (χ1) is 16.5. The Morgan fingerprint density at radius 1 is 0.441 bits per heavy atom. The zero-order chi connectivity index (χ0) is 25.3. The topological polar surface area (TPSA) is 52.6 Å². The van der Waals surface area contributed by atoms with Crippen molar-refractivity contribution in [2.24, 2.45) is 0 Å². The quantitative estimate of drug-likeness (QED) is 0.0738. The Hall–Kier alpha value is -1.06. The van der Waals surface area contributed by atoms with Crippen LogP contribution in [0.5, 0.6) is 0 Å². The minimum Gasteiger partial charge on any atom is -0.422 e. The molecule has 0 fully saturated rings. The first-order valence-electron chi connectivity index (χ1n) is 15.0. The molecule has 0 radical (unpaired) electrons. The smallest absolute Gasteiger partial charge is 0.309 e. The lowest BCUT2D eigenvalue weighted by atomic mass is 10.0. The van der Waals surface area contributed by atoms with Crippen molar-refractivity contribution in [3.8, 4) is 0 Å². The fraction of sp³-hybridized carbons (Fsp3) is 0.933. The molecule has 4 nitrogen and oxygen atoms in total. The molecule has 0 amide bonds. The van der Waals surface area contributed by atoms with Gasteiger partial charge in [0.1, 0.15) is 0 Å². The molecule has 0 spiro atoms. The number of carbonyl (C=O) groups is 2. The van der Waals surface area contributed by atoms with E-state index in [1.54, 1.807) is 0 Å². The molecule has 0 saturated heterocycles. The van der Waals surface area contributed by atoms with Gasteiger partial charge in [0.05, 0.1) is 0 Å². The van der Waals surface area contributed by atoms with Crippen LogP contribution in [-0.4, -0.2) is 17.7 Å². The van der Waals surface area contributed by atoms with Crippen molar-refractivity contribution >= 4 is 11.9 Å². The summed E-state index contributed by atoms with van der Waals surface area (Å²) in [7, 11) is 0. The van der Waals surface area contributed by atoms with Gasteiger partial charge in [0.2, 0.25) is 0 Å². The van der Waals surface area contributed by atoms with Crippen molar-refractivity contribution in [1.29, 1.82) is 0 Å². The number of hydrogen-bond donors (Lipinski definition) is 0. The van der Waals surface area contributed by atoms with E-state index in [-0.39, 0.29) is 11.9 Å². The highest BCUT2D eigenvalue weighted by molar-refractivity contribution is 5.72. The van der Waals surface area contributed by atoms with Crippen LogP contribution in [0, 0.1) is 0 Å². The second-order valence-corrected chi connectivity index (χ2v) is 10.2. The molecule has 0 atom stereocenters. The van der Waals surface area contributed by atoms with E-state index in [0.717, 1.165) is 57.8 Å². The maximum absolute atomic E-state index is 12.7. The van der Waals surface area contributed by atoms with Gasteiger partial charge in [0, 0.05) is 25.7 Å². The summed E-state index contributed by atoms with van der Waals surface area (Å²) in [6.45, 7) is 8.73. The Balaban J connectivity index is 4.72. The van der Waals surface area contributed by atoms with Gasteiger partial charge < -0.3 is 9.47 Å². The lowest BCUT2D eigenvalue weighted by molar-refractivity contribution is -0.235. The Labute approximate surface area is 212 Å². The molecule has 0 unspecified atom stereocenters. The molecule has 0 bridgehead atoms. The maximum atomic E-state index is 12.7. The Morgan fingerprint density at radius 2 is 0.765 bits per heavy atom. The first-order valence-corrected chi connectivity index (χ1v) is 15.0. The van der Waals surface area contributed by atoms with E-state index in [9.17, 15) is 9.59 Å². The van der Waals surface area contributed by atoms with E-state index in [1.165, 1.54) is 64.2 Å². The normalized spacial score (nSPS) is 11.5. The summed E-state index contributed by atoms with van der Waals surface area (Å²) < 4.78 is 12.0. The van der Waals surface area contributed by atoms with Gasteiger partial charge in [-0.15, -0.1) is 0 Å². The molecule has 0 aromatic heterocycles. The van der Waals surface area contributed by atoms with Crippen molar-refractivity contribution in [1.82, 2.24) is 0 Å². The van der Waals surface area contributed by atoms with Crippen LogP contribution in [-0.2, 0) is 19.1 Å². The van der Waals surface area contributed by atoms with Gasteiger partial charge in [-0.05, 0) is 25.7 Å². The highest BCUT2D eigenvalue weighted by Crippen LogP contribution is 2.30. The van der Waals surface area contributed by atoms with E-state index in [4.69, 9.17) is 9.47 Å². The Bertz CT molecular complexity index is 442. The summed E-state index contributed by atoms with van der Waals surface area (Å²) in [4.78, 5) is 25.5. The SMILES string of the molecule is CCCCCCCCCC(=O)OC(CCCC)(CCCCC)OC(=O)CCCCCCCCC. The molecule has 34 heavy (non-hydrogen) atoms. The van der Waals surface area contributed by atoms with E-state index < -0.39 is 5.79 Å². The predicted octanol–water partition coefficient (Wildman–Crippen LogP) is 9.82. The fourth-order valence-corrected chi connectivity index (χ4v) is 4.41. The fourth-order valence-electron chi connectivity index (χ4n) is 4.41. The third kappa shape index (κ3) is 19.3. The maximum Gasteiger partial charge on any atom is 0.309 e. The number of unbranched alkanes of at least 4 members (excludes halogenated alkanes) is 15. The molecule has 0 aromatic rings. The third-order valence-corrected chi connectivity index (χ3v) is 6.64. The van der Waals surface area contributed by atoms with Crippen LogP contribution < -0.4 is 0 Å². The highest BCUT2D eigenvalue weighted by Gasteiger charge is 2.37. The van der Waals surface area contributed by atoms with Gasteiger partial charge in [-0.3, -0.25) is 9.59 Å². The lowest BCUT2D eigenvalue weighted by Gasteiger charge is -2.33. The number of rotatable bonds is 25. The van der Waals surface area contributed by atoms with Crippen LogP contribution in [0.4, 0.5) is 0 Å². The minimum absolute atomic E-state index is 0.204. The van der Waals surface area contributed by atoms with Crippen LogP contribution in [0.25, 0.3) is 0 Å². The Morgan fingerprint density at radius 3 is 1.18 bits per heavy atom. The highest BCUT2D eigenvalue weighted by atomic mass is 16.7. The van der Waals surface area contributed by atoms with Crippen molar-refractivity contribution in [3.05, 3.63) is 0 Å². The Kier molecular flexibility index (Phi) is 22.9. The monoisotopic (exact) mass is 482 g/mol. The summed E-state index contributed by atoms with van der Waals surface area (Å²) in [5, 5.41) is 0. The molecule has 0 heterocycles. The summed E-state index contributed by atoms with van der Waals surface area (Å²) in [6, 6.07) is 0. The van der Waals surface area contributed by atoms with Gasteiger partial charge in [-0.1, -0.05) is 124 Å². The van der Waals surface area contributed by atoms with Gasteiger partial charge in [-0.2, -0.15) is 0 Å². The minimum atomic E-state index is -1.07. The van der Waals surface area contributed by atoms with E-state index in [2.05, 4.69) is 27.7 Å². The molecule has 0 aliphatic carbocycles. The molecule has 0 N–H and O–H groups in total. The van der Waals surface area contributed by atoms with Crippen molar-refractivity contribution < 1.29 is 19.1 Å². The third-order valence-electron chi connectivity index (χ3n) is 6.64. The van der Waals surface area contributed by atoms with Crippen LogP contribution in [0.15, 0.2) is 0 Å². The van der Waals surface area contributed by atoms with Crippen molar-refractivity contribution in [2.75, 3.05) is 0 Å². The number of esters is 2. The molecular weight excluding hydrogens is 424 g/mol. The number of hydrogen-bond acceptors (Lipinski definition) is 4. The summed E-state index contributed by atoms with van der Waals surface area (Å²) >= 11 is 0. The van der Waals surface area contributed by atoms with Crippen LogP contribution in [0.3, 0.4) is 0 Å². The average molecular weight is 483 g/mol. The number of ether oxygens (including phenoxy) is 2. The second-order valence-electron chi connectivity index (χ2n) is 10.2. The largest absolute Gasteiger partial charge is 0.422 e. The zero-order valence-electron chi connectivity index (χ0n) is 23.4. The van der Waals surface area contributed by atoms with Crippen LogP contribution in [0.2, 0.25) is 0 Å². The molecule has 0 saturated carbocycles. The number of carbonyl (C=O) groups excluding carboxylic acids is 2. The predicted molar refractivity (Wildman–Crippen MR) is 144 cm³/mol. The molecule has 0 aromatic carbocycles. The van der Waals surface area contributed by atoms with E-state index >= 15 is 0 Å². The van der Waals surface area contributed by atoms with E-state index in [1.807, 2.05) is 0 Å². The van der Waals surface area contributed by atoms with Crippen LogP contribution in [0.1, 0.15) is 175 Å². The molecular formula is C30H58O4. The second kappa shape index (κ2) is 23.7. The molecule has 4 heteroatoms. The van der Waals surface area contributed by atoms with Crippen molar-refractivity contribution in [2.45, 2.75) is 181 Å². The van der Waals surface area contributed by atoms with Gasteiger partial charge in [0.15, 0.2) is 0 Å². The molecule has 202 valence electrons. The van der Waals surface area contributed by atoms with Gasteiger partial charge >= 0.3 is 11.9 Å². The summed E-state index contributed by atoms with van der Waals surface area (Å²) in [5.41, 5.74) is 0. The van der Waals surface area contributed by atoms with Crippen molar-refractivity contribution in [3.63, 3.8) is 0 Å². The molecule has 0 rings (SSSR count). The lowest BCUT2D eigenvalue weighted by Crippen LogP contribution is -2.40.